The van der Waals surface area contributed by atoms with Gasteiger partial charge in [-0.3, -0.25) is 9.59 Å². The van der Waals surface area contributed by atoms with Gasteiger partial charge in [-0.1, -0.05) is 53.5 Å². The minimum atomic E-state index is -1.16. The van der Waals surface area contributed by atoms with Gasteiger partial charge < -0.3 is 14.9 Å². The number of hydrogen-bond donors (Lipinski definition) is 2. The molecule has 0 aromatic rings. The highest BCUT2D eigenvalue weighted by molar-refractivity contribution is 5.88. The van der Waals surface area contributed by atoms with Crippen LogP contribution in [0.2, 0.25) is 0 Å². The third kappa shape index (κ3) is 5.41. The zero-order valence-corrected chi connectivity index (χ0v) is 18.2. The zero-order valence-electron chi connectivity index (χ0n) is 18.2. The lowest BCUT2D eigenvalue weighted by molar-refractivity contribution is -0.155. The Morgan fingerprint density at radius 3 is 2.22 bits per heavy atom. The summed E-state index contributed by atoms with van der Waals surface area (Å²) in [6, 6.07) is 0. The first-order valence-electron chi connectivity index (χ1n) is 10.1. The van der Waals surface area contributed by atoms with Gasteiger partial charge in [0, 0.05) is 11.8 Å². The van der Waals surface area contributed by atoms with Crippen molar-refractivity contribution in [3.8, 4) is 0 Å². The SMILES string of the molecule is CC[C@H](C)[C@H](O)[C@@H](C)C(=O)C(C)(C)[C@@H](O)CC(=O)O[C@@H]1C(C)=C(C)C[C@H]1C. The van der Waals surface area contributed by atoms with Gasteiger partial charge in [0.2, 0.25) is 0 Å². The molecular formula is C22H38O5. The number of allylic oxidation sites excluding steroid dienone is 1. The summed E-state index contributed by atoms with van der Waals surface area (Å²) in [5.41, 5.74) is 1.17. The van der Waals surface area contributed by atoms with Crippen molar-refractivity contribution in [1.29, 1.82) is 0 Å². The van der Waals surface area contributed by atoms with E-state index in [4.69, 9.17) is 4.74 Å². The van der Waals surface area contributed by atoms with Gasteiger partial charge in [0.15, 0.2) is 0 Å². The van der Waals surface area contributed by atoms with Crippen molar-refractivity contribution in [3.63, 3.8) is 0 Å². The summed E-state index contributed by atoms with van der Waals surface area (Å²) < 4.78 is 5.60. The predicted molar refractivity (Wildman–Crippen MR) is 106 cm³/mol. The number of Topliss-reactive ketones (excluding diaryl/α,β-unsaturated/α-hetero) is 1. The van der Waals surface area contributed by atoms with E-state index >= 15 is 0 Å². The van der Waals surface area contributed by atoms with Gasteiger partial charge in [0.05, 0.1) is 24.0 Å². The Hall–Kier alpha value is -1.20. The van der Waals surface area contributed by atoms with Gasteiger partial charge in [0.1, 0.15) is 11.9 Å². The quantitative estimate of drug-likeness (QED) is 0.470. The van der Waals surface area contributed by atoms with E-state index < -0.39 is 29.5 Å². The molecule has 0 fully saturated rings. The molecule has 1 aliphatic rings. The Bertz CT molecular complexity index is 577. The Labute approximate surface area is 164 Å². The number of aliphatic hydroxyl groups excluding tert-OH is 2. The van der Waals surface area contributed by atoms with Crippen LogP contribution in [0.5, 0.6) is 0 Å². The van der Waals surface area contributed by atoms with Crippen LogP contribution in [0.3, 0.4) is 0 Å². The number of aliphatic hydroxyl groups is 2. The van der Waals surface area contributed by atoms with Crippen molar-refractivity contribution >= 4 is 11.8 Å². The molecule has 0 bridgehead atoms. The second-order valence-corrected chi connectivity index (χ2v) is 9.03. The van der Waals surface area contributed by atoms with E-state index in [1.54, 1.807) is 20.8 Å². The second-order valence-electron chi connectivity index (χ2n) is 9.03. The smallest absolute Gasteiger partial charge is 0.309 e. The maximum atomic E-state index is 12.9. The summed E-state index contributed by atoms with van der Waals surface area (Å²) in [6.45, 7) is 14.8. The fourth-order valence-electron chi connectivity index (χ4n) is 3.87. The van der Waals surface area contributed by atoms with Crippen molar-refractivity contribution < 1.29 is 24.5 Å². The average Bonchev–Trinajstić information content (AvgIpc) is 2.84. The molecular weight excluding hydrogens is 344 g/mol. The number of esters is 1. The van der Waals surface area contributed by atoms with E-state index in [1.165, 1.54) is 5.57 Å². The number of carbonyl (C=O) groups is 2. The number of rotatable bonds is 9. The van der Waals surface area contributed by atoms with Gasteiger partial charge in [-0.2, -0.15) is 0 Å². The van der Waals surface area contributed by atoms with Crippen molar-refractivity contribution in [2.75, 3.05) is 0 Å². The summed E-state index contributed by atoms with van der Waals surface area (Å²) in [4.78, 5) is 25.2. The molecule has 0 heterocycles. The fourth-order valence-corrected chi connectivity index (χ4v) is 3.87. The third-order valence-corrected chi connectivity index (χ3v) is 6.48. The summed E-state index contributed by atoms with van der Waals surface area (Å²) in [6.07, 6.45) is -0.751. The van der Waals surface area contributed by atoms with Gasteiger partial charge in [-0.25, -0.2) is 0 Å². The molecule has 0 radical (unpaired) electrons. The van der Waals surface area contributed by atoms with Gasteiger partial charge in [-0.05, 0) is 31.8 Å². The molecule has 1 rings (SSSR count). The highest BCUT2D eigenvalue weighted by Crippen LogP contribution is 2.35. The number of hydrogen-bond acceptors (Lipinski definition) is 5. The van der Waals surface area contributed by atoms with Crippen molar-refractivity contribution in [1.82, 2.24) is 0 Å². The van der Waals surface area contributed by atoms with Crippen molar-refractivity contribution in [2.24, 2.45) is 23.2 Å². The molecule has 5 heteroatoms. The molecule has 6 atom stereocenters. The molecule has 2 N–H and O–H groups in total. The Balaban J connectivity index is 2.75. The van der Waals surface area contributed by atoms with Crippen LogP contribution in [0.25, 0.3) is 0 Å². The summed E-state index contributed by atoms with van der Waals surface area (Å²) in [7, 11) is 0. The standard InChI is InChI=1S/C22H38O5/c1-9-12(2)19(25)16(6)21(26)22(7,8)17(23)11-18(24)27-20-14(4)10-13(3)15(20)5/h12,14,16-17,19-20,23,25H,9-11H2,1-8H3/t12-,14+,16+,17-,19-,20-/m0/s1. The summed E-state index contributed by atoms with van der Waals surface area (Å²) in [5.74, 6) is -1.13. The second kappa shape index (κ2) is 9.33. The Morgan fingerprint density at radius 2 is 1.78 bits per heavy atom. The molecule has 0 spiro atoms. The maximum Gasteiger partial charge on any atom is 0.309 e. The molecule has 0 unspecified atom stereocenters. The Morgan fingerprint density at radius 1 is 1.22 bits per heavy atom. The van der Waals surface area contributed by atoms with Crippen LogP contribution in [-0.2, 0) is 14.3 Å². The van der Waals surface area contributed by atoms with Crippen LogP contribution in [0.15, 0.2) is 11.1 Å². The van der Waals surface area contributed by atoms with Crippen LogP contribution >= 0.6 is 0 Å². The predicted octanol–water partition coefficient (Wildman–Crippen LogP) is 3.66. The molecule has 1 aliphatic carbocycles. The summed E-state index contributed by atoms with van der Waals surface area (Å²) >= 11 is 0. The minimum Gasteiger partial charge on any atom is -0.457 e. The largest absolute Gasteiger partial charge is 0.457 e. The van der Waals surface area contributed by atoms with E-state index in [1.807, 2.05) is 34.6 Å². The van der Waals surface area contributed by atoms with E-state index in [-0.39, 0.29) is 30.1 Å². The Kier molecular flexibility index (Phi) is 8.24. The van der Waals surface area contributed by atoms with E-state index in [0.29, 0.717) is 0 Å². The van der Waals surface area contributed by atoms with Crippen LogP contribution < -0.4 is 0 Å². The molecule has 0 amide bonds. The molecule has 0 aromatic carbocycles. The molecule has 0 saturated carbocycles. The van der Waals surface area contributed by atoms with E-state index in [2.05, 4.69) is 0 Å². The fraction of sp³-hybridized carbons (Fsp3) is 0.818. The third-order valence-electron chi connectivity index (χ3n) is 6.48. The average molecular weight is 383 g/mol. The van der Waals surface area contributed by atoms with E-state index in [9.17, 15) is 19.8 Å². The van der Waals surface area contributed by atoms with Crippen LogP contribution in [0, 0.1) is 23.2 Å². The monoisotopic (exact) mass is 382 g/mol. The molecule has 0 aliphatic heterocycles. The van der Waals surface area contributed by atoms with Crippen molar-refractivity contribution in [3.05, 3.63) is 11.1 Å². The van der Waals surface area contributed by atoms with Crippen LogP contribution in [0.1, 0.15) is 74.7 Å². The molecule has 5 nitrogen and oxygen atoms in total. The first kappa shape index (κ1) is 23.8. The normalized spacial score (nSPS) is 25.1. The van der Waals surface area contributed by atoms with Crippen molar-refractivity contribution in [2.45, 2.75) is 93.0 Å². The molecule has 0 aromatic heterocycles. The maximum absolute atomic E-state index is 12.9. The molecule has 156 valence electrons. The van der Waals surface area contributed by atoms with Gasteiger partial charge in [-0.15, -0.1) is 0 Å². The zero-order chi connectivity index (χ0) is 21.1. The lowest BCUT2D eigenvalue weighted by Crippen LogP contribution is -2.45. The van der Waals surface area contributed by atoms with Crippen LogP contribution in [-0.4, -0.2) is 40.3 Å². The van der Waals surface area contributed by atoms with Crippen LogP contribution in [0.4, 0.5) is 0 Å². The summed E-state index contributed by atoms with van der Waals surface area (Å²) in [5, 5.41) is 20.9. The first-order valence-corrected chi connectivity index (χ1v) is 10.1. The highest BCUT2D eigenvalue weighted by Gasteiger charge is 2.42. The number of ketones is 1. The lowest BCUT2D eigenvalue weighted by atomic mass is 9.73. The number of ether oxygens (including phenoxy) is 1. The van der Waals surface area contributed by atoms with E-state index in [0.717, 1.165) is 18.4 Å². The molecule has 0 saturated heterocycles. The highest BCUT2D eigenvalue weighted by atomic mass is 16.5. The minimum absolute atomic E-state index is 0.0104. The molecule has 27 heavy (non-hydrogen) atoms. The topological polar surface area (TPSA) is 83.8 Å². The van der Waals surface area contributed by atoms with Gasteiger partial charge >= 0.3 is 5.97 Å². The van der Waals surface area contributed by atoms with Gasteiger partial charge in [0.25, 0.3) is 0 Å². The first-order chi connectivity index (χ1) is 12.3. The number of carbonyl (C=O) groups excluding carboxylic acids is 2. The lowest BCUT2D eigenvalue weighted by Gasteiger charge is -2.34.